The zero-order chi connectivity index (χ0) is 17.2. The monoisotopic (exact) mass is 337 g/mol. The van der Waals surface area contributed by atoms with E-state index in [1.807, 2.05) is 24.3 Å². The molecule has 1 aliphatic rings. The highest BCUT2D eigenvalue weighted by molar-refractivity contribution is 5.99. The molecule has 3 aromatic rings. The Kier molecular flexibility index (Phi) is 3.97. The lowest BCUT2D eigenvalue weighted by molar-refractivity contribution is -0.115. The van der Waals surface area contributed by atoms with Crippen LogP contribution in [0.3, 0.4) is 0 Å². The SMILES string of the molecule is O=C(Cc1cccnc1)Nc1cc2[nH]c(=O)[nH]c2cc1N1CCCC1. The summed E-state index contributed by atoms with van der Waals surface area (Å²) >= 11 is 0. The molecule has 0 radical (unpaired) electrons. The molecule has 1 amide bonds. The molecule has 0 spiro atoms. The summed E-state index contributed by atoms with van der Waals surface area (Å²) in [6.45, 7) is 1.90. The summed E-state index contributed by atoms with van der Waals surface area (Å²) < 4.78 is 0. The number of nitrogens with one attached hydrogen (secondary N) is 3. The van der Waals surface area contributed by atoms with E-state index in [0.717, 1.165) is 48.4 Å². The molecule has 1 aliphatic heterocycles. The minimum absolute atomic E-state index is 0.106. The van der Waals surface area contributed by atoms with Crippen LogP contribution in [0.4, 0.5) is 11.4 Å². The van der Waals surface area contributed by atoms with Crippen molar-refractivity contribution in [3.8, 4) is 0 Å². The number of fused-ring (bicyclic) bond motifs is 1. The van der Waals surface area contributed by atoms with E-state index in [2.05, 4.69) is 25.2 Å². The fraction of sp³-hybridized carbons (Fsp3) is 0.278. The minimum atomic E-state index is -0.249. The van der Waals surface area contributed by atoms with Crippen LogP contribution in [-0.4, -0.2) is 33.9 Å². The van der Waals surface area contributed by atoms with Gasteiger partial charge in [0.1, 0.15) is 0 Å². The lowest BCUT2D eigenvalue weighted by atomic mass is 10.1. The maximum Gasteiger partial charge on any atom is 0.323 e. The second-order valence-corrected chi connectivity index (χ2v) is 6.27. The summed E-state index contributed by atoms with van der Waals surface area (Å²) in [5.74, 6) is -0.106. The summed E-state index contributed by atoms with van der Waals surface area (Å²) in [4.78, 5) is 35.8. The summed E-state index contributed by atoms with van der Waals surface area (Å²) in [7, 11) is 0. The number of imidazole rings is 1. The Morgan fingerprint density at radius 1 is 1.20 bits per heavy atom. The van der Waals surface area contributed by atoms with Gasteiger partial charge in [-0.15, -0.1) is 0 Å². The Morgan fingerprint density at radius 3 is 2.68 bits per heavy atom. The number of amides is 1. The molecule has 1 saturated heterocycles. The van der Waals surface area contributed by atoms with Gasteiger partial charge in [-0.05, 0) is 36.6 Å². The van der Waals surface area contributed by atoms with Gasteiger partial charge in [0.2, 0.25) is 5.91 Å². The van der Waals surface area contributed by atoms with Crippen molar-refractivity contribution in [2.24, 2.45) is 0 Å². The van der Waals surface area contributed by atoms with Gasteiger partial charge in [0.25, 0.3) is 0 Å². The number of aromatic nitrogens is 3. The number of rotatable bonds is 4. The van der Waals surface area contributed by atoms with E-state index >= 15 is 0 Å². The van der Waals surface area contributed by atoms with E-state index in [1.54, 1.807) is 12.4 Å². The van der Waals surface area contributed by atoms with Crippen LogP contribution in [0.1, 0.15) is 18.4 Å². The molecule has 128 valence electrons. The number of H-pyrrole nitrogens is 2. The molecule has 3 heterocycles. The molecule has 25 heavy (non-hydrogen) atoms. The third-order valence-electron chi connectivity index (χ3n) is 4.44. The molecule has 0 atom stereocenters. The topological polar surface area (TPSA) is 93.9 Å². The number of anilines is 2. The first kappa shape index (κ1) is 15.4. The molecule has 1 fully saturated rings. The highest BCUT2D eigenvalue weighted by atomic mass is 16.1. The Balaban J connectivity index is 1.65. The van der Waals surface area contributed by atoms with Gasteiger partial charge in [-0.3, -0.25) is 9.78 Å². The molecule has 0 saturated carbocycles. The molecular formula is C18H19N5O2. The summed E-state index contributed by atoms with van der Waals surface area (Å²) in [5, 5.41) is 2.99. The van der Waals surface area contributed by atoms with Gasteiger partial charge in [0.05, 0.1) is 28.8 Å². The van der Waals surface area contributed by atoms with Gasteiger partial charge >= 0.3 is 5.69 Å². The zero-order valence-corrected chi connectivity index (χ0v) is 13.7. The van der Waals surface area contributed by atoms with E-state index in [0.29, 0.717) is 5.52 Å². The van der Waals surface area contributed by atoms with Crippen molar-refractivity contribution in [2.75, 3.05) is 23.3 Å². The Labute approximate surface area is 144 Å². The van der Waals surface area contributed by atoms with Crippen LogP contribution in [0.25, 0.3) is 11.0 Å². The zero-order valence-electron chi connectivity index (χ0n) is 13.7. The fourth-order valence-electron chi connectivity index (χ4n) is 3.27. The maximum absolute atomic E-state index is 12.5. The number of aromatic amines is 2. The molecule has 3 N–H and O–H groups in total. The first-order chi connectivity index (χ1) is 12.2. The smallest absolute Gasteiger partial charge is 0.323 e. The lowest BCUT2D eigenvalue weighted by Gasteiger charge is -2.22. The van der Waals surface area contributed by atoms with Gasteiger partial charge < -0.3 is 20.2 Å². The van der Waals surface area contributed by atoms with Crippen molar-refractivity contribution in [2.45, 2.75) is 19.3 Å². The van der Waals surface area contributed by atoms with Gasteiger partial charge in [0.15, 0.2) is 0 Å². The van der Waals surface area contributed by atoms with Crippen LogP contribution in [0.5, 0.6) is 0 Å². The third kappa shape index (κ3) is 3.26. The Hall–Kier alpha value is -3.09. The van der Waals surface area contributed by atoms with Crippen molar-refractivity contribution in [1.29, 1.82) is 0 Å². The molecule has 0 aliphatic carbocycles. The molecule has 2 aromatic heterocycles. The average molecular weight is 337 g/mol. The molecule has 4 rings (SSSR count). The highest BCUT2D eigenvalue weighted by Crippen LogP contribution is 2.32. The molecule has 0 bridgehead atoms. The van der Waals surface area contributed by atoms with Crippen LogP contribution in [0, 0.1) is 0 Å². The molecule has 7 heteroatoms. The highest BCUT2D eigenvalue weighted by Gasteiger charge is 2.19. The van der Waals surface area contributed by atoms with Crippen LogP contribution in [-0.2, 0) is 11.2 Å². The normalized spacial score (nSPS) is 14.2. The first-order valence-electron chi connectivity index (χ1n) is 8.39. The Bertz CT molecular complexity index is 955. The number of carbonyl (C=O) groups is 1. The minimum Gasteiger partial charge on any atom is -0.370 e. The van der Waals surface area contributed by atoms with E-state index < -0.39 is 0 Å². The average Bonchev–Trinajstić information content (AvgIpc) is 3.23. The fourth-order valence-corrected chi connectivity index (χ4v) is 3.27. The number of benzene rings is 1. The summed E-state index contributed by atoms with van der Waals surface area (Å²) in [6, 6.07) is 7.44. The van der Waals surface area contributed by atoms with Gasteiger partial charge in [0, 0.05) is 25.5 Å². The third-order valence-corrected chi connectivity index (χ3v) is 4.44. The first-order valence-corrected chi connectivity index (χ1v) is 8.39. The predicted octanol–water partition coefficient (Wildman–Crippen LogP) is 2.03. The lowest BCUT2D eigenvalue weighted by Crippen LogP contribution is -2.22. The second-order valence-electron chi connectivity index (χ2n) is 6.27. The summed E-state index contributed by atoms with van der Waals surface area (Å²) in [5.41, 5.74) is 3.71. The van der Waals surface area contributed by atoms with Crippen molar-refractivity contribution >= 4 is 28.3 Å². The molecule has 7 nitrogen and oxygen atoms in total. The van der Waals surface area contributed by atoms with Gasteiger partial charge in [-0.2, -0.15) is 0 Å². The van der Waals surface area contributed by atoms with Crippen molar-refractivity contribution in [1.82, 2.24) is 15.0 Å². The quantitative estimate of drug-likeness (QED) is 0.679. The van der Waals surface area contributed by atoms with E-state index in [9.17, 15) is 9.59 Å². The number of hydrogen-bond donors (Lipinski definition) is 3. The largest absolute Gasteiger partial charge is 0.370 e. The number of carbonyl (C=O) groups excluding carboxylic acids is 1. The van der Waals surface area contributed by atoms with Crippen LogP contribution in [0.2, 0.25) is 0 Å². The molecule has 1 aromatic carbocycles. The molecule has 0 unspecified atom stereocenters. The van der Waals surface area contributed by atoms with E-state index in [-0.39, 0.29) is 18.0 Å². The van der Waals surface area contributed by atoms with Crippen LogP contribution >= 0.6 is 0 Å². The van der Waals surface area contributed by atoms with Crippen LogP contribution in [0.15, 0.2) is 41.5 Å². The van der Waals surface area contributed by atoms with E-state index in [1.165, 1.54) is 0 Å². The van der Waals surface area contributed by atoms with Crippen molar-refractivity contribution < 1.29 is 4.79 Å². The van der Waals surface area contributed by atoms with Gasteiger partial charge in [-0.1, -0.05) is 6.07 Å². The number of hydrogen-bond acceptors (Lipinski definition) is 4. The van der Waals surface area contributed by atoms with E-state index in [4.69, 9.17) is 0 Å². The Morgan fingerprint density at radius 2 is 1.96 bits per heavy atom. The van der Waals surface area contributed by atoms with Crippen molar-refractivity contribution in [3.05, 3.63) is 52.7 Å². The second kappa shape index (κ2) is 6.43. The molecular weight excluding hydrogens is 318 g/mol. The van der Waals surface area contributed by atoms with Crippen molar-refractivity contribution in [3.63, 3.8) is 0 Å². The van der Waals surface area contributed by atoms with Crippen LogP contribution < -0.4 is 15.9 Å². The standard InChI is InChI=1S/C18H19N5O2/c24-17(8-12-4-3-5-19-11-12)20-15-9-13-14(22-18(25)21-13)10-16(15)23-6-1-2-7-23/h3-5,9-11H,1-2,6-8H2,(H,20,24)(H2,21,22,25). The number of pyridine rings is 1. The number of nitrogens with zero attached hydrogens (tertiary/aromatic N) is 2. The summed E-state index contributed by atoms with van der Waals surface area (Å²) in [6.07, 6.45) is 5.89. The predicted molar refractivity (Wildman–Crippen MR) is 96.9 cm³/mol. The van der Waals surface area contributed by atoms with Gasteiger partial charge in [-0.25, -0.2) is 4.79 Å². The maximum atomic E-state index is 12.5.